The highest BCUT2D eigenvalue weighted by Gasteiger charge is 2.29. The molecule has 0 atom stereocenters. The second-order valence-corrected chi connectivity index (χ2v) is 4.98. The molecule has 108 valence electrons. The van der Waals surface area contributed by atoms with Crippen LogP contribution in [0.3, 0.4) is 0 Å². The zero-order chi connectivity index (χ0) is 14.1. The second kappa shape index (κ2) is 8.83. The average molecular weight is 266 g/mol. The molecular weight excluding hydrogens is 240 g/mol. The maximum atomic E-state index is 11.7. The highest BCUT2D eigenvalue weighted by molar-refractivity contribution is 5.91. The van der Waals surface area contributed by atoms with Crippen molar-refractivity contribution >= 4 is 18.0 Å². The van der Waals surface area contributed by atoms with Crippen LogP contribution in [0.5, 0.6) is 0 Å². The Morgan fingerprint density at radius 1 is 1.21 bits per heavy atom. The van der Waals surface area contributed by atoms with Crippen molar-refractivity contribution in [3.63, 3.8) is 0 Å². The fraction of sp³-hybridized carbons (Fsp3) is 0.800. The van der Waals surface area contributed by atoms with Crippen LogP contribution in [-0.2, 0) is 9.53 Å². The molecule has 1 aliphatic rings. The second-order valence-electron chi connectivity index (χ2n) is 4.98. The molecule has 0 N–H and O–H groups in total. The highest BCUT2D eigenvalue weighted by atomic mass is 16.5. The number of amidine groups is 1. The number of carbonyl (C=O) groups is 1. The molecular formula is C15H26N2O2. The van der Waals surface area contributed by atoms with Gasteiger partial charge in [-0.05, 0) is 39.0 Å². The minimum Gasteiger partial charge on any atom is -0.466 e. The molecule has 1 rings (SSSR count). The minimum absolute atomic E-state index is 0.0366. The van der Waals surface area contributed by atoms with E-state index in [1.165, 1.54) is 0 Å². The van der Waals surface area contributed by atoms with Crippen LogP contribution in [0.2, 0.25) is 0 Å². The van der Waals surface area contributed by atoms with Crippen LogP contribution in [-0.4, -0.2) is 31.7 Å². The summed E-state index contributed by atoms with van der Waals surface area (Å²) in [7, 11) is 1.80. The van der Waals surface area contributed by atoms with Crippen molar-refractivity contribution in [3.8, 4) is 0 Å². The molecule has 1 saturated carbocycles. The van der Waals surface area contributed by atoms with Gasteiger partial charge in [0, 0.05) is 19.2 Å². The number of aliphatic imine (C=N–C) groups is 2. The Morgan fingerprint density at radius 3 is 2.37 bits per heavy atom. The van der Waals surface area contributed by atoms with Gasteiger partial charge in [0.2, 0.25) is 0 Å². The SMILES string of the molecule is CCC/C=N\C(=N/C)C1CCC(C(=O)OCC)CC1. The monoisotopic (exact) mass is 266 g/mol. The Morgan fingerprint density at radius 2 is 1.84 bits per heavy atom. The van der Waals surface area contributed by atoms with E-state index in [0.717, 1.165) is 44.4 Å². The van der Waals surface area contributed by atoms with Gasteiger partial charge < -0.3 is 4.74 Å². The third-order valence-electron chi connectivity index (χ3n) is 3.58. The lowest BCUT2D eigenvalue weighted by Crippen LogP contribution is -2.26. The number of esters is 1. The van der Waals surface area contributed by atoms with E-state index in [1.54, 1.807) is 7.05 Å². The molecule has 1 aliphatic carbocycles. The smallest absolute Gasteiger partial charge is 0.308 e. The van der Waals surface area contributed by atoms with Gasteiger partial charge in [-0.3, -0.25) is 9.79 Å². The lowest BCUT2D eigenvalue weighted by atomic mass is 9.81. The van der Waals surface area contributed by atoms with Gasteiger partial charge >= 0.3 is 5.97 Å². The zero-order valence-electron chi connectivity index (χ0n) is 12.4. The summed E-state index contributed by atoms with van der Waals surface area (Å²) in [6, 6.07) is 0. The summed E-state index contributed by atoms with van der Waals surface area (Å²) in [5, 5.41) is 0. The topological polar surface area (TPSA) is 51.0 Å². The summed E-state index contributed by atoms with van der Waals surface area (Å²) in [4.78, 5) is 20.4. The van der Waals surface area contributed by atoms with E-state index in [4.69, 9.17) is 4.74 Å². The minimum atomic E-state index is -0.0366. The van der Waals surface area contributed by atoms with Gasteiger partial charge in [-0.15, -0.1) is 0 Å². The first kappa shape index (κ1) is 15.9. The van der Waals surface area contributed by atoms with E-state index >= 15 is 0 Å². The van der Waals surface area contributed by atoms with E-state index < -0.39 is 0 Å². The molecule has 1 fully saturated rings. The van der Waals surface area contributed by atoms with Crippen LogP contribution in [0.25, 0.3) is 0 Å². The summed E-state index contributed by atoms with van der Waals surface area (Å²) in [5.74, 6) is 1.39. The van der Waals surface area contributed by atoms with Crippen molar-refractivity contribution in [1.82, 2.24) is 0 Å². The Hall–Kier alpha value is -1.19. The third-order valence-corrected chi connectivity index (χ3v) is 3.58. The van der Waals surface area contributed by atoms with E-state index in [1.807, 2.05) is 13.1 Å². The van der Waals surface area contributed by atoms with Gasteiger partial charge in [0.25, 0.3) is 0 Å². The van der Waals surface area contributed by atoms with Crippen LogP contribution < -0.4 is 0 Å². The Labute approximate surface area is 116 Å². The lowest BCUT2D eigenvalue weighted by Gasteiger charge is -2.26. The summed E-state index contributed by atoms with van der Waals surface area (Å²) in [6.07, 6.45) is 7.82. The van der Waals surface area contributed by atoms with E-state index in [0.29, 0.717) is 12.5 Å². The van der Waals surface area contributed by atoms with E-state index in [9.17, 15) is 4.79 Å². The first-order valence-electron chi connectivity index (χ1n) is 7.38. The van der Waals surface area contributed by atoms with Crippen molar-refractivity contribution in [3.05, 3.63) is 0 Å². The quantitative estimate of drug-likeness (QED) is 0.435. The van der Waals surface area contributed by atoms with E-state index in [-0.39, 0.29) is 11.9 Å². The fourth-order valence-electron chi connectivity index (χ4n) is 2.48. The fourth-order valence-corrected chi connectivity index (χ4v) is 2.48. The standard InChI is InChI=1S/C15H26N2O2/c1-4-6-11-17-14(16-3)12-7-9-13(10-8-12)15(18)19-5-2/h11-13H,4-10H2,1-3H3/b16-14-,17-11-. The molecule has 0 bridgehead atoms. The molecule has 0 aromatic carbocycles. The molecule has 4 nitrogen and oxygen atoms in total. The predicted molar refractivity (Wildman–Crippen MR) is 78.8 cm³/mol. The van der Waals surface area contributed by atoms with Crippen LogP contribution in [0, 0.1) is 11.8 Å². The molecule has 0 saturated heterocycles. The first-order chi connectivity index (χ1) is 9.22. The normalized spacial score (nSPS) is 24.7. The van der Waals surface area contributed by atoms with Crippen molar-refractivity contribution in [2.75, 3.05) is 13.7 Å². The number of hydrogen-bond acceptors (Lipinski definition) is 3. The van der Waals surface area contributed by atoms with Crippen LogP contribution in [0.15, 0.2) is 9.98 Å². The predicted octanol–water partition coefficient (Wildman–Crippen LogP) is 3.26. The summed E-state index contributed by atoms with van der Waals surface area (Å²) in [6.45, 7) is 4.47. The zero-order valence-corrected chi connectivity index (χ0v) is 12.4. The molecule has 0 spiro atoms. The average Bonchev–Trinajstić information content (AvgIpc) is 2.44. The number of rotatable bonds is 5. The summed E-state index contributed by atoms with van der Waals surface area (Å²) < 4.78 is 5.08. The van der Waals surface area contributed by atoms with Crippen LogP contribution >= 0.6 is 0 Å². The van der Waals surface area contributed by atoms with E-state index in [2.05, 4.69) is 16.9 Å². The van der Waals surface area contributed by atoms with Crippen molar-refractivity contribution < 1.29 is 9.53 Å². The summed E-state index contributed by atoms with van der Waals surface area (Å²) in [5.41, 5.74) is 0. The molecule has 0 aromatic rings. The molecule has 0 heterocycles. The maximum Gasteiger partial charge on any atom is 0.308 e. The lowest BCUT2D eigenvalue weighted by molar-refractivity contribution is -0.149. The number of carbonyl (C=O) groups excluding carboxylic acids is 1. The highest BCUT2D eigenvalue weighted by Crippen LogP contribution is 2.30. The Bertz CT molecular complexity index is 329. The molecule has 0 radical (unpaired) electrons. The molecule has 0 aromatic heterocycles. The number of nitrogens with zero attached hydrogens (tertiary/aromatic N) is 2. The molecule has 0 unspecified atom stereocenters. The Kier molecular flexibility index (Phi) is 7.38. The number of ether oxygens (including phenoxy) is 1. The molecule has 0 aliphatic heterocycles. The summed E-state index contributed by atoms with van der Waals surface area (Å²) >= 11 is 0. The van der Waals surface area contributed by atoms with Crippen molar-refractivity contribution in [2.45, 2.75) is 52.4 Å². The van der Waals surface area contributed by atoms with Gasteiger partial charge in [-0.1, -0.05) is 13.3 Å². The van der Waals surface area contributed by atoms with Crippen molar-refractivity contribution in [1.29, 1.82) is 0 Å². The number of hydrogen-bond donors (Lipinski definition) is 0. The van der Waals surface area contributed by atoms with Crippen LogP contribution in [0.1, 0.15) is 52.4 Å². The Balaban J connectivity index is 2.45. The largest absolute Gasteiger partial charge is 0.466 e. The van der Waals surface area contributed by atoms with Gasteiger partial charge in [0.15, 0.2) is 0 Å². The molecule has 0 amide bonds. The van der Waals surface area contributed by atoms with Gasteiger partial charge in [0.1, 0.15) is 5.84 Å². The third kappa shape index (κ3) is 5.13. The van der Waals surface area contributed by atoms with Gasteiger partial charge in [-0.2, -0.15) is 0 Å². The first-order valence-corrected chi connectivity index (χ1v) is 7.38. The molecule has 4 heteroatoms. The van der Waals surface area contributed by atoms with Crippen LogP contribution in [0.4, 0.5) is 0 Å². The van der Waals surface area contributed by atoms with Gasteiger partial charge in [0.05, 0.1) is 12.5 Å². The van der Waals surface area contributed by atoms with Gasteiger partial charge in [-0.25, -0.2) is 4.99 Å². The maximum absolute atomic E-state index is 11.7. The number of unbranched alkanes of at least 4 members (excludes halogenated alkanes) is 1. The van der Waals surface area contributed by atoms with Crippen molar-refractivity contribution in [2.24, 2.45) is 21.8 Å². The molecule has 19 heavy (non-hydrogen) atoms.